The van der Waals surface area contributed by atoms with Gasteiger partial charge in [0, 0.05) is 37.3 Å². The van der Waals surface area contributed by atoms with E-state index in [-0.39, 0.29) is 30.1 Å². The Labute approximate surface area is 241 Å². The number of hydrogen-bond donors (Lipinski definition) is 2. The lowest BCUT2D eigenvalue weighted by molar-refractivity contribution is 0.0458. The molecule has 1 unspecified atom stereocenters. The van der Waals surface area contributed by atoms with Gasteiger partial charge in [0.05, 0.1) is 24.1 Å². The van der Waals surface area contributed by atoms with Crippen molar-refractivity contribution < 1.29 is 31.9 Å². The van der Waals surface area contributed by atoms with Crippen molar-refractivity contribution in [2.75, 3.05) is 26.2 Å². The van der Waals surface area contributed by atoms with Crippen LogP contribution in [-0.2, 0) is 11.2 Å². The molecule has 42 heavy (non-hydrogen) atoms. The zero-order chi connectivity index (χ0) is 29.6. The number of carbonyl (C=O) groups excluding carboxylic acids is 2. The summed E-state index contributed by atoms with van der Waals surface area (Å²) in [5.41, 5.74) is 2.00. The number of aromatic nitrogens is 2. The van der Waals surface area contributed by atoms with Crippen molar-refractivity contribution in [2.24, 2.45) is 0 Å². The van der Waals surface area contributed by atoms with Gasteiger partial charge in [-0.1, -0.05) is 43.2 Å². The fourth-order valence-electron chi connectivity index (χ4n) is 5.94. The fourth-order valence-corrected chi connectivity index (χ4v) is 5.94. The second-order valence-electron chi connectivity index (χ2n) is 10.6. The highest BCUT2D eigenvalue weighted by Crippen LogP contribution is 2.35. The molecule has 224 valence electrons. The van der Waals surface area contributed by atoms with Gasteiger partial charge in [0.2, 0.25) is 0 Å². The number of carbonyl (C=O) groups is 2. The molecule has 12 heteroatoms. The average molecular weight is 588 g/mol. The number of rotatable bonds is 8. The van der Waals surface area contributed by atoms with Crippen molar-refractivity contribution in [2.45, 2.75) is 56.7 Å². The molecule has 1 aliphatic carbocycles. The van der Waals surface area contributed by atoms with Crippen molar-refractivity contribution in [3.8, 4) is 11.3 Å². The van der Waals surface area contributed by atoms with Crippen LogP contribution >= 0.6 is 0 Å². The van der Waals surface area contributed by atoms with Crippen LogP contribution in [0.4, 0.5) is 22.4 Å². The van der Waals surface area contributed by atoms with Gasteiger partial charge in [-0.05, 0) is 37.0 Å². The lowest BCUT2D eigenvalue weighted by Gasteiger charge is -2.36. The number of benzene rings is 2. The van der Waals surface area contributed by atoms with Gasteiger partial charge in [0.15, 0.2) is 12.3 Å². The predicted octanol–water partition coefficient (Wildman–Crippen LogP) is 4.96. The minimum Gasteiger partial charge on any atom is -0.443 e. The number of alkyl carbamates (subject to hydrolysis) is 1. The summed E-state index contributed by atoms with van der Waals surface area (Å²) in [5, 5.41) is 6.00. The highest BCUT2D eigenvalue weighted by atomic mass is 19.3. The molecule has 0 spiro atoms. The highest BCUT2D eigenvalue weighted by Gasteiger charge is 2.35. The summed E-state index contributed by atoms with van der Waals surface area (Å²) in [6.07, 6.45) is 1.14. The van der Waals surface area contributed by atoms with E-state index in [0.717, 1.165) is 24.5 Å². The maximum absolute atomic E-state index is 14.1. The zero-order valence-electron chi connectivity index (χ0n) is 22.9. The van der Waals surface area contributed by atoms with Gasteiger partial charge in [0.1, 0.15) is 11.6 Å². The van der Waals surface area contributed by atoms with Crippen LogP contribution in [0.2, 0.25) is 0 Å². The molecule has 1 aromatic heterocycles. The number of halogens is 4. The number of ether oxygens (including phenoxy) is 1. The Morgan fingerprint density at radius 3 is 2.55 bits per heavy atom. The number of nitrogens with one attached hydrogen (secondary N) is 2. The molecular formula is C30H33F4N5O3. The molecule has 0 bridgehead atoms. The van der Waals surface area contributed by atoms with E-state index in [1.807, 2.05) is 34.9 Å². The standard InChI is InChI=1S/C30H33F4N5O3/c31-21-12-19(13-22(32)15-21)14-23-16-35-10-11-38(23)29(40)27-28(20-6-2-1-3-7-20)39(18-36-27)25-9-5-4-8-24(25)37-30(41)42-17-26(33)34/h1-3,6-7,12-13,15,18,23-26,35H,4-5,8-11,14,16-17H2,(H,37,41)/t23-,24?,25+/m1/s1. The number of amides is 2. The van der Waals surface area contributed by atoms with Gasteiger partial charge < -0.3 is 24.8 Å². The molecule has 2 heterocycles. The first-order valence-electron chi connectivity index (χ1n) is 14.1. The lowest BCUT2D eigenvalue weighted by Crippen LogP contribution is -2.54. The summed E-state index contributed by atoms with van der Waals surface area (Å²) in [6, 6.07) is 11.6. The number of nitrogens with zero attached hydrogens (tertiary/aromatic N) is 3. The van der Waals surface area contributed by atoms with Crippen LogP contribution < -0.4 is 10.6 Å². The molecule has 1 saturated heterocycles. The first-order valence-corrected chi connectivity index (χ1v) is 14.1. The number of hydrogen-bond acceptors (Lipinski definition) is 5. The Balaban J connectivity index is 1.46. The van der Waals surface area contributed by atoms with Crippen LogP contribution in [0.3, 0.4) is 0 Å². The van der Waals surface area contributed by atoms with Crippen molar-refractivity contribution >= 4 is 12.0 Å². The Hall–Kier alpha value is -3.93. The van der Waals surface area contributed by atoms with Gasteiger partial charge in [-0.3, -0.25) is 4.79 Å². The molecule has 2 aliphatic rings. The van der Waals surface area contributed by atoms with E-state index in [9.17, 15) is 27.2 Å². The molecular weight excluding hydrogens is 554 g/mol. The maximum Gasteiger partial charge on any atom is 0.407 e. The Kier molecular flexibility index (Phi) is 9.41. The molecule has 3 atom stereocenters. The summed E-state index contributed by atoms with van der Waals surface area (Å²) in [4.78, 5) is 32.7. The smallest absolute Gasteiger partial charge is 0.407 e. The number of alkyl halides is 2. The number of piperazine rings is 1. The quantitative estimate of drug-likeness (QED) is 0.364. The van der Waals surface area contributed by atoms with E-state index in [1.165, 1.54) is 12.1 Å². The zero-order valence-corrected chi connectivity index (χ0v) is 22.9. The van der Waals surface area contributed by atoms with E-state index < -0.39 is 36.8 Å². The van der Waals surface area contributed by atoms with Crippen LogP contribution in [0.15, 0.2) is 54.9 Å². The molecule has 0 radical (unpaired) electrons. The van der Waals surface area contributed by atoms with Gasteiger partial charge >= 0.3 is 6.09 Å². The topological polar surface area (TPSA) is 88.5 Å². The summed E-state index contributed by atoms with van der Waals surface area (Å²) < 4.78 is 59.5. The largest absolute Gasteiger partial charge is 0.443 e. The predicted molar refractivity (Wildman–Crippen MR) is 147 cm³/mol. The van der Waals surface area contributed by atoms with Crippen LogP contribution in [0.1, 0.15) is 47.8 Å². The Bertz CT molecular complexity index is 1370. The molecule has 2 N–H and O–H groups in total. The first-order chi connectivity index (χ1) is 20.3. The molecule has 3 aromatic rings. The summed E-state index contributed by atoms with van der Waals surface area (Å²) in [7, 11) is 0. The van der Waals surface area contributed by atoms with Crippen LogP contribution in [0.5, 0.6) is 0 Å². The molecule has 1 aliphatic heterocycles. The van der Waals surface area contributed by atoms with E-state index in [2.05, 4.69) is 20.4 Å². The van der Waals surface area contributed by atoms with E-state index >= 15 is 0 Å². The Morgan fingerprint density at radius 1 is 1.07 bits per heavy atom. The third kappa shape index (κ3) is 6.92. The van der Waals surface area contributed by atoms with Crippen molar-refractivity contribution in [1.82, 2.24) is 25.1 Å². The van der Waals surface area contributed by atoms with Crippen molar-refractivity contribution in [3.05, 3.63) is 77.8 Å². The van der Waals surface area contributed by atoms with Crippen LogP contribution in [0.25, 0.3) is 11.3 Å². The minimum absolute atomic E-state index is 0.225. The van der Waals surface area contributed by atoms with Gasteiger partial charge in [0.25, 0.3) is 12.3 Å². The second-order valence-corrected chi connectivity index (χ2v) is 10.6. The second kappa shape index (κ2) is 13.4. The van der Waals surface area contributed by atoms with E-state index in [0.29, 0.717) is 43.7 Å². The van der Waals surface area contributed by atoms with Gasteiger partial charge in [-0.25, -0.2) is 27.3 Å². The molecule has 2 amide bonds. The Morgan fingerprint density at radius 2 is 1.81 bits per heavy atom. The normalized spacial score (nSPS) is 20.9. The van der Waals surface area contributed by atoms with Crippen LogP contribution in [0, 0.1) is 11.6 Å². The third-order valence-corrected chi connectivity index (χ3v) is 7.78. The average Bonchev–Trinajstić information content (AvgIpc) is 3.41. The van der Waals surface area contributed by atoms with Gasteiger partial charge in [-0.15, -0.1) is 0 Å². The summed E-state index contributed by atoms with van der Waals surface area (Å²) in [5.74, 6) is -1.66. The molecule has 8 nitrogen and oxygen atoms in total. The summed E-state index contributed by atoms with van der Waals surface area (Å²) >= 11 is 0. The highest BCUT2D eigenvalue weighted by molar-refractivity contribution is 5.98. The number of imidazole rings is 1. The molecule has 2 aromatic carbocycles. The fraction of sp³-hybridized carbons (Fsp3) is 0.433. The maximum atomic E-state index is 14.1. The van der Waals surface area contributed by atoms with E-state index in [1.54, 1.807) is 11.2 Å². The first kappa shape index (κ1) is 29.6. The minimum atomic E-state index is -2.77. The SMILES string of the molecule is O=C(NC1CCCC[C@@H]1n1cnc(C(=O)N2CCNC[C@H]2Cc2cc(F)cc(F)c2)c1-c1ccccc1)OCC(F)F. The lowest BCUT2D eigenvalue weighted by atomic mass is 9.89. The van der Waals surface area contributed by atoms with Crippen molar-refractivity contribution in [1.29, 1.82) is 0 Å². The summed E-state index contributed by atoms with van der Waals surface area (Å²) in [6.45, 7) is 0.388. The molecule has 5 rings (SSSR count). The van der Waals surface area contributed by atoms with Crippen LogP contribution in [-0.4, -0.2) is 71.2 Å². The van der Waals surface area contributed by atoms with E-state index in [4.69, 9.17) is 0 Å². The molecule has 1 saturated carbocycles. The van der Waals surface area contributed by atoms with Gasteiger partial charge in [-0.2, -0.15) is 0 Å². The van der Waals surface area contributed by atoms with Crippen molar-refractivity contribution in [3.63, 3.8) is 0 Å². The molecule has 2 fully saturated rings. The third-order valence-electron chi connectivity index (χ3n) is 7.78. The monoisotopic (exact) mass is 587 g/mol.